The predicted molar refractivity (Wildman–Crippen MR) is 117 cm³/mol. The number of nitrogens with one attached hydrogen (secondary N) is 3. The summed E-state index contributed by atoms with van der Waals surface area (Å²) >= 11 is 0. The van der Waals surface area contributed by atoms with Gasteiger partial charge in [-0.15, -0.1) is 0 Å². The number of aromatic nitrogens is 2. The first-order chi connectivity index (χ1) is 14.4. The monoisotopic (exact) mass is 407 g/mol. The summed E-state index contributed by atoms with van der Waals surface area (Å²) < 4.78 is 0. The van der Waals surface area contributed by atoms with Crippen molar-refractivity contribution >= 4 is 17.4 Å². The maximum Gasteiger partial charge on any atom is 0.251 e. The van der Waals surface area contributed by atoms with Crippen LogP contribution in [0.25, 0.3) is 0 Å². The Morgan fingerprint density at radius 3 is 2.57 bits per heavy atom. The second-order valence-corrected chi connectivity index (χ2v) is 8.56. The molecule has 30 heavy (non-hydrogen) atoms. The van der Waals surface area contributed by atoms with E-state index in [-0.39, 0.29) is 23.7 Å². The maximum atomic E-state index is 12.6. The van der Waals surface area contributed by atoms with Gasteiger partial charge in [-0.05, 0) is 29.7 Å². The Kier molecular flexibility index (Phi) is 6.85. The molecule has 0 radical (unpaired) electrons. The van der Waals surface area contributed by atoms with Gasteiger partial charge in [-0.3, -0.25) is 4.79 Å². The predicted octanol–water partition coefficient (Wildman–Crippen LogP) is 2.15. The first-order valence-electron chi connectivity index (χ1n) is 10.2. The highest BCUT2D eigenvalue weighted by Gasteiger charge is 2.15. The molecule has 2 heterocycles. The van der Waals surface area contributed by atoms with Crippen molar-refractivity contribution in [2.75, 3.05) is 42.9 Å². The number of benzene rings is 1. The smallest absolute Gasteiger partial charge is 0.251 e. The molecule has 1 aliphatic rings. The van der Waals surface area contributed by atoms with Crippen molar-refractivity contribution in [2.45, 2.75) is 27.3 Å². The summed E-state index contributed by atoms with van der Waals surface area (Å²) in [6.45, 7) is 11.2. The summed E-state index contributed by atoms with van der Waals surface area (Å²) in [5.41, 5.74) is 2.52. The normalized spacial score (nSPS) is 14.1. The van der Waals surface area contributed by atoms with E-state index in [0.717, 1.165) is 37.4 Å². The van der Waals surface area contributed by atoms with Crippen molar-refractivity contribution in [1.29, 1.82) is 5.26 Å². The highest BCUT2D eigenvalue weighted by molar-refractivity contribution is 5.94. The van der Waals surface area contributed by atoms with Crippen LogP contribution in [-0.2, 0) is 6.54 Å². The summed E-state index contributed by atoms with van der Waals surface area (Å²) in [5.74, 6) is 0.517. The van der Waals surface area contributed by atoms with Crippen LogP contribution < -0.4 is 20.9 Å². The van der Waals surface area contributed by atoms with Gasteiger partial charge in [0.25, 0.3) is 5.91 Å². The average Bonchev–Trinajstić information content (AvgIpc) is 2.76. The number of hydrogen-bond acceptors (Lipinski definition) is 7. The number of amides is 1. The average molecular weight is 408 g/mol. The fraction of sp³-hybridized carbons (Fsp3) is 0.455. The van der Waals surface area contributed by atoms with Gasteiger partial charge in [0.2, 0.25) is 5.82 Å². The molecular formula is C22H29N7O. The Bertz CT molecular complexity index is 907. The molecule has 1 aromatic heterocycles. The van der Waals surface area contributed by atoms with E-state index in [9.17, 15) is 4.79 Å². The summed E-state index contributed by atoms with van der Waals surface area (Å²) in [5, 5.41) is 18.6. The van der Waals surface area contributed by atoms with Crippen molar-refractivity contribution in [3.63, 3.8) is 0 Å². The molecule has 2 aromatic rings. The molecule has 1 fully saturated rings. The lowest BCUT2D eigenvalue weighted by molar-refractivity contribution is 0.0951. The highest BCUT2D eigenvalue weighted by Crippen LogP contribution is 2.18. The molecule has 0 bridgehead atoms. The third-order valence-corrected chi connectivity index (χ3v) is 4.80. The molecule has 0 spiro atoms. The van der Waals surface area contributed by atoms with Gasteiger partial charge in [0.15, 0.2) is 0 Å². The molecule has 0 aliphatic carbocycles. The van der Waals surface area contributed by atoms with Gasteiger partial charge in [-0.25, -0.2) is 9.97 Å². The quantitative estimate of drug-likeness (QED) is 0.674. The van der Waals surface area contributed by atoms with Crippen LogP contribution in [0, 0.1) is 16.7 Å². The SMILES string of the molecule is CC(C)(C)CNc1nc(C#N)ncc1CNC(=O)c1ccc(N2CCNCC2)cc1. The van der Waals surface area contributed by atoms with Gasteiger partial charge < -0.3 is 20.9 Å². The molecule has 8 heteroatoms. The lowest BCUT2D eigenvalue weighted by Gasteiger charge is -2.29. The molecular weight excluding hydrogens is 378 g/mol. The minimum atomic E-state index is -0.159. The molecule has 8 nitrogen and oxygen atoms in total. The highest BCUT2D eigenvalue weighted by atomic mass is 16.1. The minimum absolute atomic E-state index is 0.0461. The Labute approximate surface area is 177 Å². The summed E-state index contributed by atoms with van der Waals surface area (Å²) in [6, 6.07) is 9.63. The largest absolute Gasteiger partial charge is 0.369 e. The second kappa shape index (κ2) is 9.55. The molecule has 0 unspecified atom stereocenters. The van der Waals surface area contributed by atoms with Gasteiger partial charge in [0.05, 0.1) is 0 Å². The number of hydrogen-bond donors (Lipinski definition) is 3. The molecule has 1 aliphatic heterocycles. The van der Waals surface area contributed by atoms with Crippen LogP contribution in [0.5, 0.6) is 0 Å². The summed E-state index contributed by atoms with van der Waals surface area (Å²) in [7, 11) is 0. The molecule has 1 aromatic carbocycles. The van der Waals surface area contributed by atoms with Crippen molar-refractivity contribution in [1.82, 2.24) is 20.6 Å². The third-order valence-electron chi connectivity index (χ3n) is 4.80. The number of nitriles is 1. The molecule has 1 saturated heterocycles. The van der Waals surface area contributed by atoms with Gasteiger partial charge in [0.1, 0.15) is 11.9 Å². The van der Waals surface area contributed by atoms with Crippen LogP contribution in [-0.4, -0.2) is 48.6 Å². The first-order valence-corrected chi connectivity index (χ1v) is 10.2. The Morgan fingerprint density at radius 2 is 1.93 bits per heavy atom. The van der Waals surface area contributed by atoms with Crippen molar-refractivity contribution < 1.29 is 4.79 Å². The van der Waals surface area contributed by atoms with E-state index in [1.807, 2.05) is 30.3 Å². The summed E-state index contributed by atoms with van der Waals surface area (Å²) in [6.07, 6.45) is 1.59. The molecule has 3 N–H and O–H groups in total. The number of piperazine rings is 1. The first kappa shape index (κ1) is 21.5. The fourth-order valence-electron chi connectivity index (χ4n) is 3.12. The zero-order valence-electron chi connectivity index (χ0n) is 17.8. The lowest BCUT2D eigenvalue weighted by Crippen LogP contribution is -2.43. The second-order valence-electron chi connectivity index (χ2n) is 8.56. The van der Waals surface area contributed by atoms with Crippen LogP contribution >= 0.6 is 0 Å². The lowest BCUT2D eigenvalue weighted by atomic mass is 9.97. The standard InChI is InChI=1S/C22H29N7O/c1-22(2,3)15-27-20-17(13-25-19(12-23)28-20)14-26-21(30)16-4-6-18(7-5-16)29-10-8-24-9-11-29/h4-7,13,24H,8-11,14-15H2,1-3H3,(H,26,30)(H,25,27,28). The van der Waals surface area contributed by atoms with Gasteiger partial charge in [-0.2, -0.15) is 5.26 Å². The van der Waals surface area contributed by atoms with Crippen molar-refractivity contribution in [3.8, 4) is 6.07 Å². The molecule has 0 saturated carbocycles. The Morgan fingerprint density at radius 1 is 1.23 bits per heavy atom. The zero-order chi connectivity index (χ0) is 21.6. The van der Waals surface area contributed by atoms with Crippen molar-refractivity contribution in [2.24, 2.45) is 5.41 Å². The Balaban J connectivity index is 1.64. The topological polar surface area (TPSA) is 106 Å². The third kappa shape index (κ3) is 5.91. The van der Waals surface area contributed by atoms with Gasteiger partial charge in [-0.1, -0.05) is 20.8 Å². The molecule has 0 atom stereocenters. The van der Waals surface area contributed by atoms with Crippen LogP contribution in [0.1, 0.15) is 42.5 Å². The number of rotatable bonds is 6. The molecule has 1 amide bonds. The minimum Gasteiger partial charge on any atom is -0.369 e. The Hall–Kier alpha value is -3.18. The van der Waals surface area contributed by atoms with Crippen LogP contribution in [0.4, 0.5) is 11.5 Å². The summed E-state index contributed by atoms with van der Waals surface area (Å²) in [4.78, 5) is 23.2. The van der Waals surface area contributed by atoms with Crippen LogP contribution in [0.2, 0.25) is 0 Å². The van der Waals surface area contributed by atoms with E-state index in [1.54, 1.807) is 6.20 Å². The van der Waals surface area contributed by atoms with E-state index in [4.69, 9.17) is 5.26 Å². The van der Waals surface area contributed by atoms with Crippen LogP contribution in [0.3, 0.4) is 0 Å². The number of anilines is 2. The van der Waals surface area contributed by atoms with Gasteiger partial charge in [0, 0.05) is 62.3 Å². The zero-order valence-corrected chi connectivity index (χ0v) is 17.8. The number of carbonyl (C=O) groups is 1. The molecule has 3 rings (SSSR count). The maximum absolute atomic E-state index is 12.6. The van der Waals surface area contributed by atoms with Crippen molar-refractivity contribution in [3.05, 3.63) is 47.4 Å². The van der Waals surface area contributed by atoms with Gasteiger partial charge >= 0.3 is 0 Å². The number of nitrogens with zero attached hydrogens (tertiary/aromatic N) is 4. The van der Waals surface area contributed by atoms with E-state index in [0.29, 0.717) is 17.9 Å². The number of carbonyl (C=O) groups excluding carboxylic acids is 1. The van der Waals surface area contributed by atoms with E-state index in [2.05, 4.69) is 51.6 Å². The van der Waals surface area contributed by atoms with E-state index in [1.165, 1.54) is 0 Å². The van der Waals surface area contributed by atoms with E-state index < -0.39 is 0 Å². The van der Waals surface area contributed by atoms with Crippen LogP contribution in [0.15, 0.2) is 30.5 Å². The fourth-order valence-corrected chi connectivity index (χ4v) is 3.12. The molecule has 158 valence electrons. The van der Waals surface area contributed by atoms with E-state index >= 15 is 0 Å².